The van der Waals surface area contributed by atoms with E-state index in [9.17, 15) is 9.59 Å². The third kappa shape index (κ3) is 2.41. The van der Waals surface area contributed by atoms with Crippen LogP contribution in [0.5, 0.6) is 0 Å². The molecule has 0 aliphatic carbocycles. The van der Waals surface area contributed by atoms with Crippen molar-refractivity contribution in [2.24, 2.45) is 5.73 Å². The highest BCUT2D eigenvalue weighted by atomic mass is 32.1. The summed E-state index contributed by atoms with van der Waals surface area (Å²) in [6, 6.07) is 0. The van der Waals surface area contributed by atoms with Crippen LogP contribution in [0.15, 0.2) is 0 Å². The summed E-state index contributed by atoms with van der Waals surface area (Å²) in [7, 11) is 1.29. The molecular weight excluding hydrogens is 240 g/mol. The number of hydrogen-bond donors (Lipinski definition) is 2. The molecule has 5 nitrogen and oxygen atoms in total. The predicted octanol–water partition coefficient (Wildman–Crippen LogP) is 1.51. The van der Waals surface area contributed by atoms with Gasteiger partial charge in [0.05, 0.1) is 17.7 Å². The summed E-state index contributed by atoms with van der Waals surface area (Å²) in [5.41, 5.74) is 11.4. The van der Waals surface area contributed by atoms with E-state index in [-0.39, 0.29) is 10.6 Å². The molecular formula is C11H16N2O3S. The molecule has 1 rings (SSSR count). The van der Waals surface area contributed by atoms with Crippen molar-refractivity contribution < 1.29 is 14.3 Å². The minimum atomic E-state index is -0.626. The topological polar surface area (TPSA) is 95.4 Å². The lowest BCUT2D eigenvalue weighted by molar-refractivity contribution is 0.0604. The maximum Gasteiger partial charge on any atom is 0.348 e. The molecule has 4 N–H and O–H groups in total. The molecule has 94 valence electrons. The minimum absolute atomic E-state index is 0.225. The van der Waals surface area contributed by atoms with Crippen LogP contribution in [-0.4, -0.2) is 19.0 Å². The van der Waals surface area contributed by atoms with Crippen LogP contribution in [0.1, 0.15) is 46.4 Å². The van der Waals surface area contributed by atoms with E-state index >= 15 is 0 Å². The third-order valence-electron chi connectivity index (χ3n) is 2.30. The Kier molecular flexibility index (Phi) is 3.47. The van der Waals surface area contributed by atoms with Gasteiger partial charge >= 0.3 is 5.97 Å². The zero-order valence-electron chi connectivity index (χ0n) is 10.3. The summed E-state index contributed by atoms with van der Waals surface area (Å²) >= 11 is 1.03. The van der Waals surface area contributed by atoms with Gasteiger partial charge in [0.2, 0.25) is 0 Å². The van der Waals surface area contributed by atoms with Crippen LogP contribution in [0.25, 0.3) is 0 Å². The Hall–Kier alpha value is -1.56. The van der Waals surface area contributed by atoms with E-state index in [0.29, 0.717) is 10.4 Å². The number of carbonyl (C=O) groups excluding carboxylic acids is 2. The number of rotatable bonds is 2. The third-order valence-corrected chi connectivity index (χ3v) is 3.30. The monoisotopic (exact) mass is 256 g/mol. The molecule has 0 saturated heterocycles. The number of amides is 1. The predicted molar refractivity (Wildman–Crippen MR) is 67.3 cm³/mol. The largest absolute Gasteiger partial charge is 0.465 e. The van der Waals surface area contributed by atoms with Crippen molar-refractivity contribution in [1.82, 2.24) is 0 Å². The summed E-state index contributed by atoms with van der Waals surface area (Å²) in [5, 5.41) is 0.253. The summed E-state index contributed by atoms with van der Waals surface area (Å²) < 4.78 is 4.68. The van der Waals surface area contributed by atoms with Gasteiger partial charge in [-0.2, -0.15) is 0 Å². The fourth-order valence-corrected chi connectivity index (χ4v) is 2.85. The van der Waals surface area contributed by atoms with E-state index in [2.05, 4.69) is 4.74 Å². The van der Waals surface area contributed by atoms with Crippen molar-refractivity contribution >= 4 is 28.2 Å². The zero-order valence-corrected chi connectivity index (χ0v) is 11.1. The molecule has 0 aliphatic rings. The molecule has 0 aromatic carbocycles. The van der Waals surface area contributed by atoms with Gasteiger partial charge in [-0.05, 0) is 11.0 Å². The van der Waals surface area contributed by atoms with E-state index < -0.39 is 17.3 Å². The highest BCUT2D eigenvalue weighted by Crippen LogP contribution is 2.39. The second-order valence-electron chi connectivity index (χ2n) is 4.65. The lowest BCUT2D eigenvalue weighted by atomic mass is 9.84. The van der Waals surface area contributed by atoms with Crippen LogP contribution in [0, 0.1) is 0 Å². The van der Waals surface area contributed by atoms with Gasteiger partial charge < -0.3 is 16.2 Å². The number of esters is 1. The molecule has 0 aliphatic heterocycles. The molecule has 0 radical (unpaired) electrons. The standard InChI is InChI=1S/C11H16N2O3S/c1-11(2,3)6-5(8(12)14)9(13)17-7(6)10(15)16-4/h13H2,1-4H3,(H2,12,14). The zero-order chi connectivity index (χ0) is 13.4. The van der Waals surface area contributed by atoms with E-state index in [4.69, 9.17) is 11.5 Å². The summed E-state index contributed by atoms with van der Waals surface area (Å²) in [6.07, 6.45) is 0. The van der Waals surface area contributed by atoms with Gasteiger partial charge in [-0.15, -0.1) is 11.3 Å². The SMILES string of the molecule is COC(=O)c1sc(N)c(C(N)=O)c1C(C)(C)C. The first-order chi connectivity index (χ1) is 7.70. The van der Waals surface area contributed by atoms with Crippen molar-refractivity contribution in [1.29, 1.82) is 0 Å². The quantitative estimate of drug-likeness (QED) is 0.784. The maximum absolute atomic E-state index is 11.6. The van der Waals surface area contributed by atoms with Crippen LogP contribution in [-0.2, 0) is 10.2 Å². The van der Waals surface area contributed by atoms with Crippen molar-refractivity contribution in [3.63, 3.8) is 0 Å². The van der Waals surface area contributed by atoms with Crippen molar-refractivity contribution in [3.8, 4) is 0 Å². The Morgan fingerprint density at radius 3 is 2.18 bits per heavy atom. The fraction of sp³-hybridized carbons (Fsp3) is 0.455. The van der Waals surface area contributed by atoms with Gasteiger partial charge in [0.25, 0.3) is 5.91 Å². The summed E-state index contributed by atoms with van der Waals surface area (Å²) in [4.78, 5) is 23.4. The second-order valence-corrected chi connectivity index (χ2v) is 5.70. The van der Waals surface area contributed by atoms with Gasteiger partial charge in [-0.1, -0.05) is 20.8 Å². The highest BCUT2D eigenvalue weighted by molar-refractivity contribution is 7.18. The van der Waals surface area contributed by atoms with E-state index in [1.54, 1.807) is 0 Å². The lowest BCUT2D eigenvalue weighted by Gasteiger charge is -2.20. The van der Waals surface area contributed by atoms with Gasteiger partial charge in [-0.25, -0.2) is 4.79 Å². The first-order valence-corrected chi connectivity index (χ1v) is 5.82. The van der Waals surface area contributed by atoms with Crippen LogP contribution >= 0.6 is 11.3 Å². The van der Waals surface area contributed by atoms with Crippen LogP contribution < -0.4 is 11.5 Å². The number of methoxy groups -OCH3 is 1. The van der Waals surface area contributed by atoms with Gasteiger partial charge in [0, 0.05) is 0 Å². The molecule has 17 heavy (non-hydrogen) atoms. The van der Waals surface area contributed by atoms with E-state index in [1.807, 2.05) is 20.8 Å². The molecule has 1 heterocycles. The second kappa shape index (κ2) is 4.37. The molecule has 1 aromatic rings. The molecule has 0 atom stereocenters. The molecule has 1 aromatic heterocycles. The molecule has 0 fully saturated rings. The Bertz CT molecular complexity index is 472. The molecule has 0 saturated carbocycles. The highest BCUT2D eigenvalue weighted by Gasteiger charge is 2.32. The van der Waals surface area contributed by atoms with Crippen molar-refractivity contribution in [2.75, 3.05) is 12.8 Å². The van der Waals surface area contributed by atoms with E-state index in [1.165, 1.54) is 7.11 Å². The number of hydrogen-bond acceptors (Lipinski definition) is 5. The normalized spacial score (nSPS) is 11.3. The number of ether oxygens (including phenoxy) is 1. The number of anilines is 1. The Balaban J connectivity index is 3.59. The molecule has 0 spiro atoms. The minimum Gasteiger partial charge on any atom is -0.465 e. The average Bonchev–Trinajstić information content (AvgIpc) is 2.54. The number of thiophene rings is 1. The Morgan fingerprint density at radius 2 is 1.82 bits per heavy atom. The molecule has 6 heteroatoms. The van der Waals surface area contributed by atoms with Gasteiger partial charge in [0.15, 0.2) is 0 Å². The fourth-order valence-electron chi connectivity index (χ4n) is 1.65. The smallest absolute Gasteiger partial charge is 0.348 e. The summed E-state index contributed by atoms with van der Waals surface area (Å²) in [6.45, 7) is 5.65. The number of nitrogens with two attached hydrogens (primary N) is 2. The average molecular weight is 256 g/mol. The Morgan fingerprint density at radius 1 is 1.29 bits per heavy atom. The lowest BCUT2D eigenvalue weighted by Crippen LogP contribution is -2.22. The summed E-state index contributed by atoms with van der Waals surface area (Å²) in [5.74, 6) is -1.13. The maximum atomic E-state index is 11.6. The number of primary amides is 1. The van der Waals surface area contributed by atoms with E-state index in [0.717, 1.165) is 11.3 Å². The Labute approximate surface area is 104 Å². The number of carbonyl (C=O) groups is 2. The van der Waals surface area contributed by atoms with Gasteiger partial charge in [0.1, 0.15) is 4.88 Å². The van der Waals surface area contributed by atoms with Crippen LogP contribution in [0.3, 0.4) is 0 Å². The first-order valence-electron chi connectivity index (χ1n) is 5.01. The first kappa shape index (κ1) is 13.5. The number of nitrogen functional groups attached to an aromatic ring is 1. The molecule has 0 bridgehead atoms. The van der Waals surface area contributed by atoms with Crippen molar-refractivity contribution in [2.45, 2.75) is 26.2 Å². The molecule has 0 unspecified atom stereocenters. The van der Waals surface area contributed by atoms with Crippen LogP contribution in [0.2, 0.25) is 0 Å². The molecule has 1 amide bonds. The van der Waals surface area contributed by atoms with Crippen LogP contribution in [0.4, 0.5) is 5.00 Å². The van der Waals surface area contributed by atoms with Gasteiger partial charge in [-0.3, -0.25) is 4.79 Å². The van der Waals surface area contributed by atoms with Crippen molar-refractivity contribution in [3.05, 3.63) is 16.0 Å².